The molecule has 0 aromatic heterocycles. The lowest BCUT2D eigenvalue weighted by Gasteiger charge is -2.20. The van der Waals surface area contributed by atoms with Gasteiger partial charge in [0.15, 0.2) is 0 Å². The molecule has 0 aromatic rings. The molecule has 0 saturated carbocycles. The first kappa shape index (κ1) is 18.1. The average molecular weight is 277 g/mol. The van der Waals surface area contributed by atoms with Gasteiger partial charge in [-0.2, -0.15) is 0 Å². The van der Waals surface area contributed by atoms with E-state index in [2.05, 4.69) is 0 Å². The van der Waals surface area contributed by atoms with E-state index in [1.165, 1.54) is 0 Å². The summed E-state index contributed by atoms with van der Waals surface area (Å²) < 4.78 is 15.4. The highest BCUT2D eigenvalue weighted by Gasteiger charge is 2.12. The van der Waals surface area contributed by atoms with Crippen LogP contribution in [-0.4, -0.2) is 68.8 Å². The van der Waals surface area contributed by atoms with Gasteiger partial charge >= 0.3 is 6.09 Å². The first-order valence-corrected chi connectivity index (χ1v) is 6.94. The molecule has 0 aliphatic carbocycles. The monoisotopic (exact) mass is 277 g/mol. The fourth-order valence-electron chi connectivity index (χ4n) is 1.50. The molecule has 1 amide bonds. The predicted molar refractivity (Wildman–Crippen MR) is 72.2 cm³/mol. The molecule has 19 heavy (non-hydrogen) atoms. The Labute approximate surface area is 115 Å². The summed E-state index contributed by atoms with van der Waals surface area (Å²) in [4.78, 5) is 13.4. The zero-order chi connectivity index (χ0) is 14.3. The lowest BCUT2D eigenvalue weighted by atomic mass is 10.4. The van der Waals surface area contributed by atoms with E-state index in [1.807, 2.05) is 13.8 Å². The summed E-state index contributed by atoms with van der Waals surface area (Å²) in [5, 5.41) is 8.48. The van der Waals surface area contributed by atoms with E-state index < -0.39 is 0 Å². The number of nitrogens with zero attached hydrogens (tertiary/aromatic N) is 1. The van der Waals surface area contributed by atoms with E-state index in [0.717, 1.165) is 25.9 Å². The number of ether oxygens (including phenoxy) is 3. The van der Waals surface area contributed by atoms with Crippen molar-refractivity contribution >= 4 is 6.09 Å². The van der Waals surface area contributed by atoms with E-state index in [0.29, 0.717) is 26.4 Å². The molecular formula is C13H27NO5. The van der Waals surface area contributed by atoms with Crippen molar-refractivity contribution in [1.29, 1.82) is 0 Å². The fraction of sp³-hybridized carbons (Fsp3) is 0.923. The van der Waals surface area contributed by atoms with Gasteiger partial charge in [-0.3, -0.25) is 0 Å². The van der Waals surface area contributed by atoms with Crippen LogP contribution in [0.4, 0.5) is 4.79 Å². The zero-order valence-electron chi connectivity index (χ0n) is 12.1. The minimum absolute atomic E-state index is 0.0162. The molecular weight excluding hydrogens is 250 g/mol. The Morgan fingerprint density at radius 1 is 0.947 bits per heavy atom. The fourth-order valence-corrected chi connectivity index (χ4v) is 1.50. The maximum atomic E-state index is 11.7. The smallest absolute Gasteiger partial charge is 0.409 e. The maximum Gasteiger partial charge on any atom is 0.409 e. The number of rotatable bonds is 12. The first-order valence-electron chi connectivity index (χ1n) is 6.94. The maximum absolute atomic E-state index is 11.7. The first-order chi connectivity index (χ1) is 9.26. The summed E-state index contributed by atoms with van der Waals surface area (Å²) in [5.41, 5.74) is 0. The second-order valence-electron chi connectivity index (χ2n) is 4.05. The Hall–Kier alpha value is -0.850. The van der Waals surface area contributed by atoms with Crippen molar-refractivity contribution < 1.29 is 24.1 Å². The van der Waals surface area contributed by atoms with Gasteiger partial charge in [0.25, 0.3) is 0 Å². The number of carbonyl (C=O) groups is 1. The summed E-state index contributed by atoms with van der Waals surface area (Å²) in [6.45, 7) is 7.34. The summed E-state index contributed by atoms with van der Waals surface area (Å²) in [6.07, 6.45) is 1.57. The Balaban J connectivity index is 3.50. The molecule has 0 fully saturated rings. The van der Waals surface area contributed by atoms with Gasteiger partial charge in [-0.15, -0.1) is 0 Å². The third-order valence-electron chi connectivity index (χ3n) is 2.31. The average Bonchev–Trinajstić information content (AvgIpc) is 2.41. The number of hydrogen-bond acceptors (Lipinski definition) is 5. The lowest BCUT2D eigenvalue weighted by molar-refractivity contribution is 0.0142. The van der Waals surface area contributed by atoms with E-state index >= 15 is 0 Å². The Morgan fingerprint density at radius 2 is 1.47 bits per heavy atom. The highest BCUT2D eigenvalue weighted by molar-refractivity contribution is 5.67. The van der Waals surface area contributed by atoms with Crippen LogP contribution >= 0.6 is 0 Å². The molecule has 0 heterocycles. The number of hydrogen-bond donors (Lipinski definition) is 1. The highest BCUT2D eigenvalue weighted by Crippen LogP contribution is 1.98. The molecule has 0 saturated heterocycles. The number of amides is 1. The Kier molecular flexibility index (Phi) is 13.0. The summed E-state index contributed by atoms with van der Waals surface area (Å²) >= 11 is 0. The second kappa shape index (κ2) is 13.6. The third-order valence-corrected chi connectivity index (χ3v) is 2.31. The second-order valence-corrected chi connectivity index (χ2v) is 4.05. The van der Waals surface area contributed by atoms with Crippen molar-refractivity contribution in [2.75, 3.05) is 52.7 Å². The highest BCUT2D eigenvalue weighted by atomic mass is 16.6. The van der Waals surface area contributed by atoms with Gasteiger partial charge < -0.3 is 24.2 Å². The van der Waals surface area contributed by atoms with E-state index in [-0.39, 0.29) is 19.3 Å². The lowest BCUT2D eigenvalue weighted by Crippen LogP contribution is -2.33. The molecule has 0 atom stereocenters. The van der Waals surface area contributed by atoms with Crippen LogP contribution in [0.15, 0.2) is 0 Å². The van der Waals surface area contributed by atoms with Crippen LogP contribution in [0.5, 0.6) is 0 Å². The molecule has 0 aliphatic rings. The zero-order valence-corrected chi connectivity index (χ0v) is 12.1. The predicted octanol–water partition coefficient (Wildman–Crippen LogP) is 1.27. The van der Waals surface area contributed by atoms with Crippen LogP contribution in [-0.2, 0) is 14.2 Å². The van der Waals surface area contributed by atoms with Crippen molar-refractivity contribution in [1.82, 2.24) is 4.90 Å². The molecule has 0 aromatic carbocycles. The van der Waals surface area contributed by atoms with Crippen molar-refractivity contribution in [3.8, 4) is 0 Å². The molecule has 0 aliphatic heterocycles. The molecule has 6 heteroatoms. The largest absolute Gasteiger partial charge is 0.447 e. The van der Waals surface area contributed by atoms with Crippen molar-refractivity contribution in [2.45, 2.75) is 26.7 Å². The normalized spacial score (nSPS) is 10.5. The molecule has 0 radical (unpaired) electrons. The summed E-state index contributed by atoms with van der Waals surface area (Å²) in [6, 6.07) is 0. The standard InChI is InChI=1S/C13H27NO5/c1-3-5-14(6-4-2)13(16)19-12-11-18-10-9-17-8-7-15/h15H,3-12H2,1-2H3. The van der Waals surface area contributed by atoms with Crippen LogP contribution in [0.25, 0.3) is 0 Å². The quantitative estimate of drug-likeness (QED) is 0.544. The van der Waals surface area contributed by atoms with E-state index in [4.69, 9.17) is 19.3 Å². The van der Waals surface area contributed by atoms with Gasteiger partial charge in [-0.25, -0.2) is 4.79 Å². The molecule has 1 N–H and O–H groups in total. The summed E-state index contributed by atoms with van der Waals surface area (Å²) in [5.74, 6) is 0. The number of carbonyl (C=O) groups excluding carboxylic acids is 1. The van der Waals surface area contributed by atoms with Gasteiger partial charge in [0.05, 0.1) is 33.0 Å². The molecule has 114 valence electrons. The minimum atomic E-state index is -0.274. The van der Waals surface area contributed by atoms with Crippen LogP contribution in [0.2, 0.25) is 0 Å². The Morgan fingerprint density at radius 3 is 2.00 bits per heavy atom. The van der Waals surface area contributed by atoms with Gasteiger partial charge in [-0.1, -0.05) is 13.8 Å². The number of aliphatic hydroxyl groups excluding tert-OH is 1. The van der Waals surface area contributed by atoms with E-state index in [1.54, 1.807) is 4.90 Å². The molecule has 0 unspecified atom stereocenters. The molecule has 0 bridgehead atoms. The van der Waals surface area contributed by atoms with E-state index in [9.17, 15) is 4.79 Å². The van der Waals surface area contributed by atoms with Gasteiger partial charge in [0.1, 0.15) is 6.61 Å². The van der Waals surface area contributed by atoms with Crippen LogP contribution in [0.1, 0.15) is 26.7 Å². The Bertz CT molecular complexity index is 207. The van der Waals surface area contributed by atoms with Crippen LogP contribution in [0.3, 0.4) is 0 Å². The third kappa shape index (κ3) is 10.7. The van der Waals surface area contributed by atoms with Gasteiger partial charge in [-0.05, 0) is 12.8 Å². The molecule has 0 rings (SSSR count). The topological polar surface area (TPSA) is 68.2 Å². The van der Waals surface area contributed by atoms with Crippen molar-refractivity contribution in [3.63, 3.8) is 0 Å². The minimum Gasteiger partial charge on any atom is -0.447 e. The molecule has 0 spiro atoms. The molecule has 6 nitrogen and oxygen atoms in total. The van der Waals surface area contributed by atoms with Gasteiger partial charge in [0, 0.05) is 13.1 Å². The van der Waals surface area contributed by atoms with Crippen molar-refractivity contribution in [2.24, 2.45) is 0 Å². The van der Waals surface area contributed by atoms with Crippen LogP contribution in [0, 0.1) is 0 Å². The van der Waals surface area contributed by atoms with Gasteiger partial charge in [0.2, 0.25) is 0 Å². The SMILES string of the molecule is CCCN(CCC)C(=O)OCCOCCOCCO. The van der Waals surface area contributed by atoms with Crippen molar-refractivity contribution in [3.05, 3.63) is 0 Å². The summed E-state index contributed by atoms with van der Waals surface area (Å²) in [7, 11) is 0. The number of aliphatic hydroxyl groups is 1. The van der Waals surface area contributed by atoms with Crippen LogP contribution < -0.4 is 0 Å².